The maximum Gasteiger partial charge on any atom is 0.244 e. The minimum absolute atomic E-state index is 0.164. The molecule has 3 atom stereocenters. The highest BCUT2D eigenvalue weighted by atomic mass is 19.1. The fourth-order valence-corrected chi connectivity index (χ4v) is 3.57. The van der Waals surface area contributed by atoms with Gasteiger partial charge >= 0.3 is 0 Å². The summed E-state index contributed by atoms with van der Waals surface area (Å²) < 4.78 is 32.3. The van der Waals surface area contributed by atoms with Crippen LogP contribution in [0.3, 0.4) is 0 Å². The van der Waals surface area contributed by atoms with Crippen molar-refractivity contribution in [2.45, 2.75) is 39.0 Å². The van der Waals surface area contributed by atoms with E-state index in [9.17, 15) is 13.6 Å². The Bertz CT molecular complexity index is 870. The molecule has 154 valence electrons. The lowest BCUT2D eigenvalue weighted by Gasteiger charge is -2.37. The van der Waals surface area contributed by atoms with Crippen molar-refractivity contribution in [3.8, 4) is 0 Å². The molecular formula is C23H26F2N2O2. The first-order valence-electron chi connectivity index (χ1n) is 9.75. The maximum atomic E-state index is 13.2. The van der Waals surface area contributed by atoms with Crippen molar-refractivity contribution in [2.24, 2.45) is 0 Å². The fraction of sp³-hybridized carbons (Fsp3) is 0.348. The summed E-state index contributed by atoms with van der Waals surface area (Å²) >= 11 is 0. The van der Waals surface area contributed by atoms with Crippen molar-refractivity contribution in [1.29, 1.82) is 0 Å². The topological polar surface area (TPSA) is 41.6 Å². The number of amides is 1. The summed E-state index contributed by atoms with van der Waals surface area (Å²) in [7, 11) is 0. The molecular weight excluding hydrogens is 374 g/mol. The molecule has 6 heteroatoms. The van der Waals surface area contributed by atoms with E-state index in [1.54, 1.807) is 0 Å². The van der Waals surface area contributed by atoms with Gasteiger partial charge in [0, 0.05) is 30.9 Å². The van der Waals surface area contributed by atoms with Gasteiger partial charge in [0.1, 0.15) is 11.6 Å². The second-order valence-electron chi connectivity index (χ2n) is 7.52. The molecule has 4 nitrogen and oxygen atoms in total. The van der Waals surface area contributed by atoms with Crippen LogP contribution in [0.15, 0.2) is 48.5 Å². The number of benzene rings is 2. The van der Waals surface area contributed by atoms with Crippen molar-refractivity contribution in [3.05, 3.63) is 71.3 Å². The fourth-order valence-electron chi connectivity index (χ4n) is 3.57. The van der Waals surface area contributed by atoms with Crippen LogP contribution in [-0.2, 0) is 9.53 Å². The molecule has 0 aromatic heterocycles. The molecule has 1 saturated heterocycles. The molecule has 0 bridgehead atoms. The molecule has 0 spiro atoms. The first kappa shape index (κ1) is 21.0. The third-order valence-electron chi connectivity index (χ3n) is 4.83. The van der Waals surface area contributed by atoms with E-state index in [4.69, 9.17) is 4.74 Å². The SMILES string of the molecule is CC1CN(c2cccc(C(C)NC(=O)/C=C/c3cc(F)cc(F)c3)c2)CC(C)O1. The summed E-state index contributed by atoms with van der Waals surface area (Å²) in [6.07, 6.45) is 3.00. The van der Waals surface area contributed by atoms with Crippen LogP contribution >= 0.6 is 0 Å². The smallest absolute Gasteiger partial charge is 0.244 e. The minimum Gasteiger partial charge on any atom is -0.372 e. The van der Waals surface area contributed by atoms with Gasteiger partial charge in [0.25, 0.3) is 0 Å². The van der Waals surface area contributed by atoms with Crippen molar-refractivity contribution >= 4 is 17.7 Å². The van der Waals surface area contributed by atoms with E-state index in [0.717, 1.165) is 30.4 Å². The Morgan fingerprint density at radius 2 is 1.79 bits per heavy atom. The zero-order valence-electron chi connectivity index (χ0n) is 16.9. The molecule has 0 radical (unpaired) electrons. The monoisotopic (exact) mass is 400 g/mol. The van der Waals surface area contributed by atoms with Crippen molar-refractivity contribution in [2.75, 3.05) is 18.0 Å². The van der Waals surface area contributed by atoms with Gasteiger partial charge in [-0.3, -0.25) is 4.79 Å². The highest BCUT2D eigenvalue weighted by Gasteiger charge is 2.22. The normalized spacial score (nSPS) is 20.7. The maximum absolute atomic E-state index is 13.2. The number of nitrogens with zero attached hydrogens (tertiary/aromatic N) is 1. The second-order valence-corrected chi connectivity index (χ2v) is 7.52. The summed E-state index contributed by atoms with van der Waals surface area (Å²) in [5.74, 6) is -1.69. The summed E-state index contributed by atoms with van der Waals surface area (Å²) in [4.78, 5) is 14.5. The molecule has 1 N–H and O–H groups in total. The van der Waals surface area contributed by atoms with E-state index in [1.807, 2.05) is 19.1 Å². The largest absolute Gasteiger partial charge is 0.372 e. The van der Waals surface area contributed by atoms with Crippen LogP contribution in [0.1, 0.15) is 37.9 Å². The summed E-state index contributed by atoms with van der Waals surface area (Å²) in [6, 6.07) is 11.0. The third-order valence-corrected chi connectivity index (χ3v) is 4.83. The molecule has 0 saturated carbocycles. The zero-order chi connectivity index (χ0) is 21.0. The van der Waals surface area contributed by atoms with E-state index in [0.29, 0.717) is 5.56 Å². The molecule has 2 aromatic rings. The molecule has 1 heterocycles. The highest BCUT2D eigenvalue weighted by molar-refractivity contribution is 5.92. The molecule has 1 aliphatic heterocycles. The first-order chi connectivity index (χ1) is 13.8. The average Bonchev–Trinajstić information content (AvgIpc) is 2.65. The van der Waals surface area contributed by atoms with Gasteiger partial charge in [0.05, 0.1) is 18.2 Å². The van der Waals surface area contributed by atoms with Crippen LogP contribution in [0.25, 0.3) is 6.08 Å². The van der Waals surface area contributed by atoms with Gasteiger partial charge in [-0.15, -0.1) is 0 Å². The molecule has 3 unspecified atom stereocenters. The number of rotatable bonds is 5. The number of hydrogen-bond donors (Lipinski definition) is 1. The predicted octanol–water partition coefficient (Wildman–Crippen LogP) is 4.47. The number of carbonyl (C=O) groups is 1. The number of morpholine rings is 1. The van der Waals surface area contributed by atoms with Gasteiger partial charge in [-0.2, -0.15) is 0 Å². The standard InChI is InChI=1S/C23H26F2N2O2/c1-15-13-27(14-16(2)29-15)22-6-4-5-19(11-22)17(3)26-23(28)8-7-18-9-20(24)12-21(25)10-18/h4-12,15-17H,13-14H2,1-3H3,(H,26,28)/b8-7+. The molecule has 1 aliphatic rings. The van der Waals surface area contributed by atoms with E-state index < -0.39 is 11.6 Å². The third kappa shape index (κ3) is 5.87. The Morgan fingerprint density at radius 1 is 1.14 bits per heavy atom. The van der Waals surface area contributed by atoms with Crippen LogP contribution in [0.4, 0.5) is 14.5 Å². The Labute approximate surface area is 170 Å². The lowest BCUT2D eigenvalue weighted by Crippen LogP contribution is -2.45. The first-order valence-corrected chi connectivity index (χ1v) is 9.75. The highest BCUT2D eigenvalue weighted by Crippen LogP contribution is 2.24. The van der Waals surface area contributed by atoms with Crippen LogP contribution in [0.2, 0.25) is 0 Å². The second kappa shape index (κ2) is 9.18. The van der Waals surface area contributed by atoms with Gasteiger partial charge in [0.15, 0.2) is 0 Å². The van der Waals surface area contributed by atoms with Gasteiger partial charge in [0.2, 0.25) is 5.91 Å². The van der Waals surface area contributed by atoms with Crippen LogP contribution in [0.5, 0.6) is 0 Å². The van der Waals surface area contributed by atoms with Gasteiger partial charge in [-0.1, -0.05) is 12.1 Å². The lowest BCUT2D eigenvalue weighted by molar-refractivity contribution is -0.117. The van der Waals surface area contributed by atoms with E-state index in [-0.39, 0.29) is 24.2 Å². The molecule has 3 rings (SSSR count). The van der Waals surface area contributed by atoms with E-state index >= 15 is 0 Å². The number of carbonyl (C=O) groups excluding carboxylic acids is 1. The van der Waals surface area contributed by atoms with Crippen LogP contribution < -0.4 is 10.2 Å². The minimum atomic E-state index is -0.679. The van der Waals surface area contributed by atoms with Crippen molar-refractivity contribution in [3.63, 3.8) is 0 Å². The number of ether oxygens (including phenoxy) is 1. The molecule has 2 aromatic carbocycles. The average molecular weight is 400 g/mol. The zero-order valence-corrected chi connectivity index (χ0v) is 16.9. The van der Waals surface area contributed by atoms with Crippen molar-refractivity contribution in [1.82, 2.24) is 5.32 Å². The van der Waals surface area contributed by atoms with Gasteiger partial charge < -0.3 is 15.0 Å². The quantitative estimate of drug-likeness (QED) is 0.753. The predicted molar refractivity (Wildman–Crippen MR) is 111 cm³/mol. The van der Waals surface area contributed by atoms with E-state index in [2.05, 4.69) is 36.2 Å². The summed E-state index contributed by atoms with van der Waals surface area (Å²) in [5, 5.41) is 2.89. The van der Waals surface area contributed by atoms with Crippen molar-refractivity contribution < 1.29 is 18.3 Å². The lowest BCUT2D eigenvalue weighted by atomic mass is 10.1. The van der Waals surface area contributed by atoms with E-state index in [1.165, 1.54) is 24.3 Å². The number of nitrogens with one attached hydrogen (secondary N) is 1. The molecule has 1 fully saturated rings. The van der Waals surface area contributed by atoms with Crippen LogP contribution in [0, 0.1) is 11.6 Å². The Balaban J connectivity index is 1.65. The number of halogens is 2. The molecule has 0 aliphatic carbocycles. The number of anilines is 1. The Kier molecular flexibility index (Phi) is 6.64. The Morgan fingerprint density at radius 3 is 2.45 bits per heavy atom. The summed E-state index contributed by atoms with van der Waals surface area (Å²) in [6.45, 7) is 7.67. The number of hydrogen-bond acceptors (Lipinski definition) is 3. The van der Waals surface area contributed by atoms with Crippen LogP contribution in [-0.4, -0.2) is 31.2 Å². The van der Waals surface area contributed by atoms with Gasteiger partial charge in [-0.25, -0.2) is 8.78 Å². The van der Waals surface area contributed by atoms with Gasteiger partial charge in [-0.05, 0) is 62.2 Å². The molecule has 1 amide bonds. The Hall–Kier alpha value is -2.73. The molecule has 29 heavy (non-hydrogen) atoms. The summed E-state index contributed by atoms with van der Waals surface area (Å²) in [5.41, 5.74) is 2.37.